The number of benzene rings is 1. The average Bonchev–Trinajstić information content (AvgIpc) is 2.36. The third-order valence-electron chi connectivity index (χ3n) is 2.58. The molecule has 2 rings (SSSR count). The first-order valence-corrected chi connectivity index (χ1v) is 5.31. The Kier molecular flexibility index (Phi) is 3.13. The van der Waals surface area contributed by atoms with Gasteiger partial charge in [0.2, 0.25) is 6.08 Å². The zero-order valence-electron chi connectivity index (χ0n) is 9.71. The molecule has 1 aromatic rings. The lowest BCUT2D eigenvalue weighted by Gasteiger charge is -2.31. The number of terminal acetylenes is 1. The van der Waals surface area contributed by atoms with Crippen molar-refractivity contribution in [3.63, 3.8) is 0 Å². The van der Waals surface area contributed by atoms with Gasteiger partial charge in [-0.1, -0.05) is 5.92 Å². The topological polar surface area (TPSA) is 59.0 Å². The maximum absolute atomic E-state index is 11.9. The summed E-state index contributed by atoms with van der Waals surface area (Å²) in [5, 5.41) is 0. The number of carbonyl (C=O) groups is 1. The Labute approximate surface area is 104 Å². The van der Waals surface area contributed by atoms with E-state index in [9.17, 15) is 9.59 Å². The van der Waals surface area contributed by atoms with E-state index in [2.05, 4.69) is 10.9 Å². The van der Waals surface area contributed by atoms with E-state index in [1.165, 1.54) is 11.0 Å². The maximum Gasteiger partial charge on any atom is 0.268 e. The van der Waals surface area contributed by atoms with Gasteiger partial charge in [0, 0.05) is 0 Å². The summed E-state index contributed by atoms with van der Waals surface area (Å²) in [5.74, 6) is 2.75. The second-order valence-electron chi connectivity index (χ2n) is 3.74. The Morgan fingerprint density at radius 2 is 2.33 bits per heavy atom. The van der Waals surface area contributed by atoms with Crippen molar-refractivity contribution < 1.29 is 14.3 Å². The summed E-state index contributed by atoms with van der Waals surface area (Å²) >= 11 is 0. The van der Waals surface area contributed by atoms with Gasteiger partial charge in [0.1, 0.15) is 5.75 Å². The van der Waals surface area contributed by atoms with Gasteiger partial charge in [-0.15, -0.1) is 6.42 Å². The number of carbonyl (C=O) groups excluding carboxylic acids is 2. The van der Waals surface area contributed by atoms with Crippen molar-refractivity contribution >= 4 is 23.4 Å². The van der Waals surface area contributed by atoms with E-state index < -0.39 is 6.10 Å². The molecule has 1 aromatic carbocycles. The van der Waals surface area contributed by atoms with Crippen LogP contribution in [0.3, 0.4) is 0 Å². The van der Waals surface area contributed by atoms with Crippen LogP contribution in [0, 0.1) is 12.3 Å². The first-order valence-electron chi connectivity index (χ1n) is 5.31. The first-order chi connectivity index (χ1) is 8.67. The normalized spacial score (nSPS) is 17.2. The van der Waals surface area contributed by atoms with E-state index in [0.29, 0.717) is 17.1 Å². The van der Waals surface area contributed by atoms with Gasteiger partial charge in [0.15, 0.2) is 6.10 Å². The van der Waals surface area contributed by atoms with E-state index in [1.54, 1.807) is 25.1 Å². The van der Waals surface area contributed by atoms with Crippen molar-refractivity contribution in [1.82, 2.24) is 0 Å². The van der Waals surface area contributed by atoms with Crippen molar-refractivity contribution in [3.05, 3.63) is 18.2 Å². The highest BCUT2D eigenvalue weighted by Crippen LogP contribution is 2.36. The Morgan fingerprint density at radius 3 is 3.00 bits per heavy atom. The van der Waals surface area contributed by atoms with Gasteiger partial charge in [0.05, 0.1) is 17.9 Å². The maximum atomic E-state index is 11.9. The van der Waals surface area contributed by atoms with Crippen molar-refractivity contribution in [1.29, 1.82) is 0 Å². The molecule has 1 amide bonds. The number of anilines is 1. The standard InChI is InChI=1S/C13H10N2O3/c1-3-6-15-11-7-10(14-8-16)4-5-12(11)18-9(2)13(15)17/h1,4-5,7,9H,6H2,2H3. The molecule has 0 fully saturated rings. The average molecular weight is 242 g/mol. The zero-order valence-corrected chi connectivity index (χ0v) is 9.71. The molecule has 1 unspecified atom stereocenters. The van der Waals surface area contributed by atoms with E-state index in [0.717, 1.165) is 0 Å². The van der Waals surface area contributed by atoms with E-state index in [-0.39, 0.29) is 12.5 Å². The number of nitrogens with zero attached hydrogens (tertiary/aromatic N) is 2. The predicted octanol–water partition coefficient (Wildman–Crippen LogP) is 1.40. The number of fused-ring (bicyclic) bond motifs is 1. The van der Waals surface area contributed by atoms with E-state index >= 15 is 0 Å². The molecule has 0 aliphatic carbocycles. The Bertz CT molecular complexity index is 582. The number of aliphatic imine (C=N–C) groups is 1. The van der Waals surface area contributed by atoms with Crippen LogP contribution in [0.15, 0.2) is 23.2 Å². The van der Waals surface area contributed by atoms with Crippen LogP contribution >= 0.6 is 0 Å². The molecule has 1 heterocycles. The summed E-state index contributed by atoms with van der Waals surface area (Å²) in [6, 6.07) is 4.83. The van der Waals surface area contributed by atoms with E-state index in [4.69, 9.17) is 11.2 Å². The van der Waals surface area contributed by atoms with Gasteiger partial charge in [-0.3, -0.25) is 9.69 Å². The van der Waals surface area contributed by atoms with E-state index in [1.807, 2.05) is 0 Å². The minimum Gasteiger partial charge on any atom is -0.479 e. The SMILES string of the molecule is C#CCN1C(=O)C(C)Oc2ccc(N=C=O)cc21. The number of hydrogen-bond acceptors (Lipinski definition) is 4. The van der Waals surface area contributed by atoms with Crippen LogP contribution < -0.4 is 9.64 Å². The Hall–Kier alpha value is -2.57. The fraction of sp³-hybridized carbons (Fsp3) is 0.231. The van der Waals surface area contributed by atoms with Crippen LogP contribution in [0.25, 0.3) is 0 Å². The Balaban J connectivity index is 2.52. The lowest BCUT2D eigenvalue weighted by molar-refractivity contribution is -0.125. The summed E-state index contributed by atoms with van der Waals surface area (Å²) in [4.78, 5) is 27.1. The molecule has 5 nitrogen and oxygen atoms in total. The number of isocyanates is 1. The largest absolute Gasteiger partial charge is 0.479 e. The lowest BCUT2D eigenvalue weighted by Crippen LogP contribution is -2.44. The highest BCUT2D eigenvalue weighted by molar-refractivity contribution is 6.00. The summed E-state index contributed by atoms with van der Waals surface area (Å²) in [6.07, 6.45) is 6.12. The van der Waals surface area contributed by atoms with Crippen LogP contribution in [0.5, 0.6) is 5.75 Å². The molecular weight excluding hydrogens is 232 g/mol. The zero-order chi connectivity index (χ0) is 13.1. The number of rotatable bonds is 2. The molecule has 1 atom stereocenters. The van der Waals surface area contributed by atoms with Gasteiger partial charge in [-0.05, 0) is 25.1 Å². The molecule has 0 saturated heterocycles. The van der Waals surface area contributed by atoms with Crippen molar-refractivity contribution in [2.45, 2.75) is 13.0 Å². The van der Waals surface area contributed by atoms with Gasteiger partial charge >= 0.3 is 0 Å². The summed E-state index contributed by atoms with van der Waals surface area (Å²) in [6.45, 7) is 1.81. The smallest absolute Gasteiger partial charge is 0.268 e. The monoisotopic (exact) mass is 242 g/mol. The molecule has 0 radical (unpaired) electrons. The third kappa shape index (κ3) is 1.97. The first kappa shape index (κ1) is 11.9. The molecular formula is C13H10N2O3. The Morgan fingerprint density at radius 1 is 1.56 bits per heavy atom. The van der Waals surface area contributed by atoms with Crippen LogP contribution in [-0.4, -0.2) is 24.6 Å². The molecule has 0 N–H and O–H groups in total. The fourth-order valence-corrected chi connectivity index (χ4v) is 1.77. The molecule has 18 heavy (non-hydrogen) atoms. The number of amides is 1. The summed E-state index contributed by atoms with van der Waals surface area (Å²) in [7, 11) is 0. The minimum atomic E-state index is -0.578. The quantitative estimate of drug-likeness (QED) is 0.447. The molecule has 0 aromatic heterocycles. The molecule has 1 aliphatic rings. The van der Waals surface area contributed by atoms with Crippen molar-refractivity contribution in [3.8, 4) is 18.1 Å². The fourth-order valence-electron chi connectivity index (χ4n) is 1.77. The number of hydrogen-bond donors (Lipinski definition) is 0. The number of ether oxygens (including phenoxy) is 1. The van der Waals surface area contributed by atoms with Crippen LogP contribution in [-0.2, 0) is 9.59 Å². The molecule has 1 aliphatic heterocycles. The van der Waals surface area contributed by atoms with Gasteiger partial charge in [-0.25, -0.2) is 4.79 Å². The summed E-state index contributed by atoms with van der Waals surface area (Å²) < 4.78 is 5.45. The van der Waals surface area contributed by atoms with Crippen LogP contribution in [0.4, 0.5) is 11.4 Å². The van der Waals surface area contributed by atoms with Crippen LogP contribution in [0.2, 0.25) is 0 Å². The molecule has 0 saturated carbocycles. The second kappa shape index (κ2) is 4.74. The third-order valence-corrected chi connectivity index (χ3v) is 2.58. The van der Waals surface area contributed by atoms with Crippen molar-refractivity contribution in [2.75, 3.05) is 11.4 Å². The lowest BCUT2D eigenvalue weighted by atomic mass is 10.1. The minimum absolute atomic E-state index is 0.147. The molecule has 0 bridgehead atoms. The predicted molar refractivity (Wildman–Crippen MR) is 65.5 cm³/mol. The van der Waals surface area contributed by atoms with Gasteiger partial charge < -0.3 is 4.74 Å². The highest BCUT2D eigenvalue weighted by Gasteiger charge is 2.31. The second-order valence-corrected chi connectivity index (χ2v) is 3.74. The highest BCUT2D eigenvalue weighted by atomic mass is 16.5. The van der Waals surface area contributed by atoms with Gasteiger partial charge in [-0.2, -0.15) is 4.99 Å². The van der Waals surface area contributed by atoms with Gasteiger partial charge in [0.25, 0.3) is 5.91 Å². The molecule has 5 heteroatoms. The molecule has 90 valence electrons. The summed E-state index contributed by atoms with van der Waals surface area (Å²) in [5.41, 5.74) is 0.921. The molecule has 0 spiro atoms. The van der Waals surface area contributed by atoms with Crippen molar-refractivity contribution in [2.24, 2.45) is 4.99 Å². The van der Waals surface area contributed by atoms with Crippen LogP contribution in [0.1, 0.15) is 6.92 Å².